The Kier molecular flexibility index (Phi) is 2.12. The predicted molar refractivity (Wildman–Crippen MR) is 87.0 cm³/mol. The van der Waals surface area contributed by atoms with E-state index in [0.717, 1.165) is 22.6 Å². The van der Waals surface area contributed by atoms with E-state index in [4.69, 9.17) is 16.0 Å². The molecule has 0 amide bonds. The van der Waals surface area contributed by atoms with Crippen LogP contribution in [-0.2, 0) is 6.42 Å². The zero-order valence-electron chi connectivity index (χ0n) is 11.2. The van der Waals surface area contributed by atoms with E-state index in [9.17, 15) is 0 Å². The van der Waals surface area contributed by atoms with Gasteiger partial charge < -0.3 is 4.42 Å². The molecule has 0 radical (unpaired) electrons. The summed E-state index contributed by atoms with van der Waals surface area (Å²) in [5.41, 5.74) is 7.08. The van der Waals surface area contributed by atoms with Gasteiger partial charge in [-0.2, -0.15) is 0 Å². The molecule has 100 valence electrons. The summed E-state index contributed by atoms with van der Waals surface area (Å²) in [6, 6.07) is 18.7. The summed E-state index contributed by atoms with van der Waals surface area (Å²) in [7, 11) is 0. The first-order valence-corrected chi connectivity index (χ1v) is 7.41. The second-order valence-electron chi connectivity index (χ2n) is 5.54. The first kappa shape index (κ1) is 11.4. The zero-order valence-corrected chi connectivity index (χ0v) is 11.9. The van der Waals surface area contributed by atoms with Gasteiger partial charge in [-0.1, -0.05) is 41.9 Å². The molecule has 1 heterocycles. The van der Waals surface area contributed by atoms with Crippen LogP contribution in [-0.4, -0.2) is 0 Å². The summed E-state index contributed by atoms with van der Waals surface area (Å²) in [6.07, 6.45) is 0.891. The monoisotopic (exact) mass is 290 g/mol. The maximum Gasteiger partial charge on any atom is 0.139 e. The van der Waals surface area contributed by atoms with Gasteiger partial charge in [-0.05, 0) is 41.0 Å². The van der Waals surface area contributed by atoms with Crippen LogP contribution < -0.4 is 0 Å². The quantitative estimate of drug-likeness (QED) is 0.351. The van der Waals surface area contributed by atoms with E-state index in [1.807, 2.05) is 18.2 Å². The summed E-state index contributed by atoms with van der Waals surface area (Å²) < 4.78 is 6.12. The molecule has 0 unspecified atom stereocenters. The lowest BCUT2D eigenvalue weighted by molar-refractivity contribution is 0.665. The number of furan rings is 1. The predicted octanol–water partition coefficient (Wildman–Crippen LogP) is 5.81. The van der Waals surface area contributed by atoms with Gasteiger partial charge in [-0.15, -0.1) is 0 Å². The smallest absolute Gasteiger partial charge is 0.139 e. The van der Waals surface area contributed by atoms with E-state index >= 15 is 0 Å². The Morgan fingerprint density at radius 2 is 1.71 bits per heavy atom. The number of benzene rings is 3. The third kappa shape index (κ3) is 1.47. The largest absolute Gasteiger partial charge is 0.456 e. The Morgan fingerprint density at radius 3 is 2.67 bits per heavy atom. The lowest BCUT2D eigenvalue weighted by atomic mass is 10.0. The van der Waals surface area contributed by atoms with Crippen LogP contribution in [0.1, 0.15) is 11.1 Å². The first-order chi connectivity index (χ1) is 10.3. The van der Waals surface area contributed by atoms with Crippen molar-refractivity contribution in [2.45, 2.75) is 6.42 Å². The van der Waals surface area contributed by atoms with Crippen LogP contribution in [0.3, 0.4) is 0 Å². The molecule has 1 nitrogen and oxygen atoms in total. The molecule has 4 aromatic rings. The normalized spacial score (nSPS) is 12.8. The van der Waals surface area contributed by atoms with Crippen LogP contribution in [0.25, 0.3) is 33.1 Å². The van der Waals surface area contributed by atoms with E-state index in [1.165, 1.54) is 33.0 Å². The average Bonchev–Trinajstić information content (AvgIpc) is 3.04. The van der Waals surface area contributed by atoms with Crippen LogP contribution in [0.4, 0.5) is 0 Å². The molecule has 0 saturated carbocycles. The molecule has 0 N–H and O–H groups in total. The van der Waals surface area contributed by atoms with Gasteiger partial charge in [0.2, 0.25) is 0 Å². The second-order valence-corrected chi connectivity index (χ2v) is 5.98. The zero-order chi connectivity index (χ0) is 14.0. The molecule has 5 rings (SSSR count). The third-order valence-corrected chi connectivity index (χ3v) is 4.61. The lowest BCUT2D eigenvalue weighted by Gasteiger charge is -2.01. The van der Waals surface area contributed by atoms with Crippen molar-refractivity contribution >= 4 is 33.5 Å². The van der Waals surface area contributed by atoms with Crippen molar-refractivity contribution in [1.82, 2.24) is 0 Å². The minimum absolute atomic E-state index is 0.794. The van der Waals surface area contributed by atoms with Crippen LogP contribution in [0.2, 0.25) is 5.02 Å². The van der Waals surface area contributed by atoms with Crippen LogP contribution >= 0.6 is 11.6 Å². The van der Waals surface area contributed by atoms with E-state index in [1.54, 1.807) is 0 Å². The fourth-order valence-electron chi connectivity index (χ4n) is 3.43. The van der Waals surface area contributed by atoms with Gasteiger partial charge in [-0.3, -0.25) is 0 Å². The Bertz CT molecular complexity index is 1030. The third-order valence-electron chi connectivity index (χ3n) is 4.37. The van der Waals surface area contributed by atoms with Crippen LogP contribution in [0.5, 0.6) is 0 Å². The molecule has 3 aromatic carbocycles. The Hall–Kier alpha value is -2.25. The fraction of sp³-hybridized carbons (Fsp3) is 0.0526. The van der Waals surface area contributed by atoms with Gasteiger partial charge in [0.25, 0.3) is 0 Å². The van der Waals surface area contributed by atoms with Gasteiger partial charge in [-0.25, -0.2) is 0 Å². The molecule has 1 aliphatic carbocycles. The fourth-order valence-corrected chi connectivity index (χ4v) is 3.63. The number of hydrogen-bond acceptors (Lipinski definition) is 1. The van der Waals surface area contributed by atoms with Gasteiger partial charge in [0.1, 0.15) is 11.2 Å². The molecule has 0 atom stereocenters. The highest BCUT2D eigenvalue weighted by Crippen LogP contribution is 2.43. The van der Waals surface area contributed by atoms with Gasteiger partial charge in [0.15, 0.2) is 0 Å². The molecule has 0 fully saturated rings. The second kappa shape index (κ2) is 3.90. The lowest BCUT2D eigenvalue weighted by Crippen LogP contribution is -1.81. The van der Waals surface area contributed by atoms with Crippen LogP contribution in [0.15, 0.2) is 59.0 Å². The summed E-state index contributed by atoms with van der Waals surface area (Å²) in [4.78, 5) is 0. The van der Waals surface area contributed by atoms with Crippen molar-refractivity contribution < 1.29 is 4.42 Å². The molecular formula is C19H11ClO. The molecule has 0 aliphatic heterocycles. The van der Waals surface area contributed by atoms with E-state index in [0.29, 0.717) is 0 Å². The highest BCUT2D eigenvalue weighted by Gasteiger charge is 2.23. The number of hydrogen-bond donors (Lipinski definition) is 0. The van der Waals surface area contributed by atoms with Crippen LogP contribution in [0, 0.1) is 0 Å². The van der Waals surface area contributed by atoms with Crippen molar-refractivity contribution in [3.05, 3.63) is 70.7 Å². The van der Waals surface area contributed by atoms with Crippen molar-refractivity contribution in [2.24, 2.45) is 0 Å². The van der Waals surface area contributed by atoms with Gasteiger partial charge >= 0.3 is 0 Å². The Morgan fingerprint density at radius 1 is 0.857 bits per heavy atom. The maximum atomic E-state index is 6.13. The summed E-state index contributed by atoms with van der Waals surface area (Å²) >= 11 is 6.13. The highest BCUT2D eigenvalue weighted by molar-refractivity contribution is 6.30. The van der Waals surface area contributed by atoms with Crippen molar-refractivity contribution in [3.8, 4) is 11.1 Å². The maximum absolute atomic E-state index is 6.13. The molecule has 0 spiro atoms. The topological polar surface area (TPSA) is 13.1 Å². The van der Waals surface area contributed by atoms with E-state index in [2.05, 4.69) is 36.4 Å². The van der Waals surface area contributed by atoms with Gasteiger partial charge in [0, 0.05) is 27.8 Å². The Balaban J connectivity index is 1.88. The van der Waals surface area contributed by atoms with Gasteiger partial charge in [0.05, 0.1) is 0 Å². The standard InChI is InChI=1S/C19H11ClO/c20-12-5-6-13-11(9-12)10-17-14(13)7-8-16-15-3-1-2-4-18(15)21-19(16)17/h1-9H,10H2. The number of fused-ring (bicyclic) bond motifs is 7. The number of halogens is 1. The number of para-hydroxylation sites is 1. The molecule has 0 saturated heterocycles. The Labute approximate surface area is 126 Å². The molecule has 0 bridgehead atoms. The van der Waals surface area contributed by atoms with Crippen molar-refractivity contribution in [3.63, 3.8) is 0 Å². The first-order valence-electron chi connectivity index (χ1n) is 7.03. The summed E-state index contributed by atoms with van der Waals surface area (Å²) in [5, 5.41) is 3.18. The van der Waals surface area contributed by atoms with E-state index < -0.39 is 0 Å². The van der Waals surface area contributed by atoms with Crippen molar-refractivity contribution in [2.75, 3.05) is 0 Å². The van der Waals surface area contributed by atoms with E-state index in [-0.39, 0.29) is 0 Å². The average molecular weight is 291 g/mol. The summed E-state index contributed by atoms with van der Waals surface area (Å²) in [6.45, 7) is 0. The summed E-state index contributed by atoms with van der Waals surface area (Å²) in [5.74, 6) is 0. The molecular weight excluding hydrogens is 280 g/mol. The SMILES string of the molecule is Clc1ccc2c(c1)Cc1c-2ccc2c1oc1ccccc12. The molecule has 21 heavy (non-hydrogen) atoms. The molecule has 1 aliphatic rings. The number of rotatable bonds is 0. The molecule has 2 heteroatoms. The minimum atomic E-state index is 0.794. The highest BCUT2D eigenvalue weighted by atomic mass is 35.5. The van der Waals surface area contributed by atoms with Crippen molar-refractivity contribution in [1.29, 1.82) is 0 Å². The minimum Gasteiger partial charge on any atom is -0.456 e. The molecule has 1 aromatic heterocycles.